The minimum atomic E-state index is -0.165. The highest BCUT2D eigenvalue weighted by Gasteiger charge is 2.08. The summed E-state index contributed by atoms with van der Waals surface area (Å²) < 4.78 is 0. The maximum atomic E-state index is 12.1. The van der Waals surface area contributed by atoms with Crippen molar-refractivity contribution < 1.29 is 4.79 Å². The van der Waals surface area contributed by atoms with Crippen LogP contribution in [0.25, 0.3) is 0 Å². The molecule has 0 saturated carbocycles. The van der Waals surface area contributed by atoms with Gasteiger partial charge in [-0.05, 0) is 43.7 Å². The Morgan fingerprint density at radius 3 is 2.63 bits per heavy atom. The lowest BCUT2D eigenvalue weighted by molar-refractivity contribution is 0.102. The van der Waals surface area contributed by atoms with E-state index < -0.39 is 0 Å². The zero-order chi connectivity index (χ0) is 13.8. The lowest BCUT2D eigenvalue weighted by Crippen LogP contribution is -2.13. The van der Waals surface area contributed by atoms with E-state index in [-0.39, 0.29) is 5.91 Å². The van der Waals surface area contributed by atoms with Crippen LogP contribution in [0, 0.1) is 25.2 Å². The molecule has 2 aromatic carbocycles. The van der Waals surface area contributed by atoms with Gasteiger partial charge in [0.1, 0.15) is 0 Å². The zero-order valence-corrected chi connectivity index (χ0v) is 10.9. The summed E-state index contributed by atoms with van der Waals surface area (Å²) in [5.74, 6) is -0.165. The Morgan fingerprint density at radius 1 is 1.16 bits per heavy atom. The molecule has 94 valence electrons. The van der Waals surface area contributed by atoms with Crippen molar-refractivity contribution in [3.63, 3.8) is 0 Å². The summed E-state index contributed by atoms with van der Waals surface area (Å²) in [6.45, 7) is 3.84. The van der Waals surface area contributed by atoms with Crippen LogP contribution in [0.15, 0.2) is 42.5 Å². The van der Waals surface area contributed by atoms with E-state index in [0.717, 1.165) is 11.1 Å². The van der Waals surface area contributed by atoms with Crippen LogP contribution >= 0.6 is 0 Å². The summed E-state index contributed by atoms with van der Waals surface area (Å²) in [6.07, 6.45) is 0. The highest BCUT2D eigenvalue weighted by Crippen LogP contribution is 2.17. The molecule has 0 unspecified atom stereocenters. The van der Waals surface area contributed by atoms with Gasteiger partial charge in [-0.25, -0.2) is 0 Å². The van der Waals surface area contributed by atoms with Gasteiger partial charge in [0.15, 0.2) is 0 Å². The summed E-state index contributed by atoms with van der Waals surface area (Å²) in [7, 11) is 0. The molecule has 0 aliphatic carbocycles. The minimum absolute atomic E-state index is 0.165. The molecular formula is C16H14N2O. The fourth-order valence-corrected chi connectivity index (χ4v) is 1.81. The van der Waals surface area contributed by atoms with Gasteiger partial charge in [0, 0.05) is 11.3 Å². The van der Waals surface area contributed by atoms with E-state index in [1.807, 2.05) is 38.1 Å². The molecule has 0 radical (unpaired) electrons. The van der Waals surface area contributed by atoms with Gasteiger partial charge in [0.2, 0.25) is 0 Å². The van der Waals surface area contributed by atoms with E-state index in [4.69, 9.17) is 5.26 Å². The van der Waals surface area contributed by atoms with Gasteiger partial charge >= 0.3 is 0 Å². The van der Waals surface area contributed by atoms with E-state index in [1.165, 1.54) is 0 Å². The summed E-state index contributed by atoms with van der Waals surface area (Å²) in [6, 6.07) is 14.7. The zero-order valence-electron chi connectivity index (χ0n) is 10.9. The van der Waals surface area contributed by atoms with Crippen molar-refractivity contribution in [3.8, 4) is 6.07 Å². The molecule has 1 amide bonds. The van der Waals surface area contributed by atoms with Gasteiger partial charge in [-0.3, -0.25) is 4.79 Å². The molecule has 3 nitrogen and oxygen atoms in total. The second-order valence-electron chi connectivity index (χ2n) is 4.47. The van der Waals surface area contributed by atoms with E-state index in [2.05, 4.69) is 11.4 Å². The fraction of sp³-hybridized carbons (Fsp3) is 0.125. The first-order chi connectivity index (χ1) is 9.10. The average molecular weight is 250 g/mol. The molecular weight excluding hydrogens is 236 g/mol. The van der Waals surface area contributed by atoms with Crippen molar-refractivity contribution >= 4 is 11.6 Å². The van der Waals surface area contributed by atoms with Crippen molar-refractivity contribution in [2.45, 2.75) is 13.8 Å². The van der Waals surface area contributed by atoms with Crippen LogP contribution in [0.3, 0.4) is 0 Å². The quantitative estimate of drug-likeness (QED) is 0.887. The second kappa shape index (κ2) is 5.36. The maximum absolute atomic E-state index is 12.1. The number of anilines is 1. The third-order valence-corrected chi connectivity index (χ3v) is 2.90. The Labute approximate surface area is 112 Å². The number of nitrogens with one attached hydrogen (secondary N) is 1. The SMILES string of the molecule is Cc1cccc(C(=O)Nc2cc(C#N)ccc2C)c1. The third-order valence-electron chi connectivity index (χ3n) is 2.90. The molecule has 19 heavy (non-hydrogen) atoms. The normalized spacial score (nSPS) is 9.74. The largest absolute Gasteiger partial charge is 0.322 e. The topological polar surface area (TPSA) is 52.9 Å². The number of carbonyl (C=O) groups is 1. The lowest BCUT2D eigenvalue weighted by Gasteiger charge is -2.09. The first-order valence-electron chi connectivity index (χ1n) is 5.99. The summed E-state index contributed by atoms with van der Waals surface area (Å²) in [5, 5.41) is 11.7. The second-order valence-corrected chi connectivity index (χ2v) is 4.47. The molecule has 0 atom stereocenters. The Balaban J connectivity index is 2.27. The van der Waals surface area contributed by atoms with Gasteiger partial charge < -0.3 is 5.32 Å². The molecule has 0 aliphatic heterocycles. The first-order valence-corrected chi connectivity index (χ1v) is 5.99. The summed E-state index contributed by atoms with van der Waals surface area (Å²) in [5.41, 5.74) is 3.78. The van der Waals surface area contributed by atoms with E-state index >= 15 is 0 Å². The van der Waals surface area contributed by atoms with Gasteiger partial charge in [-0.15, -0.1) is 0 Å². The monoisotopic (exact) mass is 250 g/mol. The lowest BCUT2D eigenvalue weighted by atomic mass is 10.1. The molecule has 3 heteroatoms. The highest BCUT2D eigenvalue weighted by molar-refractivity contribution is 6.04. The van der Waals surface area contributed by atoms with E-state index in [0.29, 0.717) is 16.8 Å². The molecule has 0 aromatic heterocycles. The number of hydrogen-bond donors (Lipinski definition) is 1. The van der Waals surface area contributed by atoms with Crippen LogP contribution in [0.2, 0.25) is 0 Å². The van der Waals surface area contributed by atoms with Gasteiger partial charge in [-0.1, -0.05) is 23.8 Å². The molecule has 2 aromatic rings. The number of amides is 1. The maximum Gasteiger partial charge on any atom is 0.255 e. The molecule has 0 fully saturated rings. The molecule has 0 aliphatic rings. The van der Waals surface area contributed by atoms with Crippen molar-refractivity contribution in [2.75, 3.05) is 5.32 Å². The molecule has 0 saturated heterocycles. The van der Waals surface area contributed by atoms with Crippen LogP contribution in [-0.2, 0) is 0 Å². The number of hydrogen-bond acceptors (Lipinski definition) is 2. The Morgan fingerprint density at radius 2 is 1.95 bits per heavy atom. The van der Waals surface area contributed by atoms with Crippen molar-refractivity contribution in [1.29, 1.82) is 5.26 Å². The Kier molecular flexibility index (Phi) is 3.63. The van der Waals surface area contributed by atoms with Crippen molar-refractivity contribution in [1.82, 2.24) is 0 Å². The van der Waals surface area contributed by atoms with E-state index in [1.54, 1.807) is 18.2 Å². The fourth-order valence-electron chi connectivity index (χ4n) is 1.81. The molecule has 0 spiro atoms. The van der Waals surface area contributed by atoms with E-state index in [9.17, 15) is 4.79 Å². The number of aryl methyl sites for hydroxylation is 2. The van der Waals surface area contributed by atoms with Crippen LogP contribution in [0.5, 0.6) is 0 Å². The number of rotatable bonds is 2. The minimum Gasteiger partial charge on any atom is -0.322 e. The average Bonchev–Trinajstić information content (AvgIpc) is 2.41. The number of benzene rings is 2. The van der Waals surface area contributed by atoms with Gasteiger partial charge in [0.05, 0.1) is 11.6 Å². The Bertz CT molecular complexity index is 669. The molecule has 2 rings (SSSR count). The third kappa shape index (κ3) is 2.99. The van der Waals surface area contributed by atoms with Crippen molar-refractivity contribution in [3.05, 3.63) is 64.7 Å². The van der Waals surface area contributed by atoms with Crippen LogP contribution < -0.4 is 5.32 Å². The van der Waals surface area contributed by atoms with Crippen LogP contribution in [0.4, 0.5) is 5.69 Å². The Hall–Kier alpha value is -2.60. The molecule has 0 bridgehead atoms. The number of nitrogens with zero attached hydrogens (tertiary/aromatic N) is 1. The van der Waals surface area contributed by atoms with Crippen LogP contribution in [0.1, 0.15) is 27.0 Å². The predicted octanol–water partition coefficient (Wildman–Crippen LogP) is 3.43. The highest BCUT2D eigenvalue weighted by atomic mass is 16.1. The summed E-state index contributed by atoms with van der Waals surface area (Å²) in [4.78, 5) is 12.1. The smallest absolute Gasteiger partial charge is 0.255 e. The number of carbonyl (C=O) groups excluding carboxylic acids is 1. The molecule has 0 heterocycles. The predicted molar refractivity (Wildman–Crippen MR) is 75.0 cm³/mol. The van der Waals surface area contributed by atoms with Crippen LogP contribution in [-0.4, -0.2) is 5.91 Å². The van der Waals surface area contributed by atoms with Gasteiger partial charge in [0.25, 0.3) is 5.91 Å². The van der Waals surface area contributed by atoms with Crippen molar-refractivity contribution in [2.24, 2.45) is 0 Å². The number of nitriles is 1. The van der Waals surface area contributed by atoms with Gasteiger partial charge in [-0.2, -0.15) is 5.26 Å². The summed E-state index contributed by atoms with van der Waals surface area (Å²) >= 11 is 0. The standard InChI is InChI=1S/C16H14N2O/c1-11-4-3-5-14(8-11)16(19)18-15-9-13(10-17)7-6-12(15)2/h3-9H,1-2H3,(H,18,19). The first kappa shape index (κ1) is 12.8. The molecule has 1 N–H and O–H groups in total.